The molecule has 0 amide bonds. The van der Waals surface area contributed by atoms with E-state index in [1.807, 2.05) is 0 Å². The number of benzene rings is 9. The van der Waals surface area contributed by atoms with Gasteiger partial charge in [-0.3, -0.25) is 0 Å². The second kappa shape index (κ2) is 17.5. The maximum atomic E-state index is 2.61. The molecule has 9 aromatic carbocycles. The van der Waals surface area contributed by atoms with E-state index in [2.05, 4.69) is 254 Å². The predicted molar refractivity (Wildman–Crippen MR) is 296 cm³/mol. The van der Waals surface area contributed by atoms with Crippen LogP contribution in [0.15, 0.2) is 200 Å². The first kappa shape index (κ1) is 44.5. The molecule has 0 bridgehead atoms. The lowest BCUT2D eigenvalue weighted by Gasteiger charge is -2.33. The van der Waals surface area contributed by atoms with Crippen molar-refractivity contribution < 1.29 is 0 Å². The molecular weight excluding hydrogens is 831 g/mol. The van der Waals surface area contributed by atoms with Crippen LogP contribution in [0.25, 0.3) is 55.3 Å². The molecule has 11 rings (SSSR count). The molecule has 1 heteroatoms. The highest BCUT2D eigenvalue weighted by molar-refractivity contribution is 6.06. The number of rotatable bonds is 8. The van der Waals surface area contributed by atoms with Crippen molar-refractivity contribution in [3.05, 3.63) is 234 Å². The van der Waals surface area contributed by atoms with E-state index in [0.717, 1.165) is 17.1 Å². The molecular formula is C68H65N. The molecule has 9 aromatic rings. The molecule has 1 nitrogen and oxygen atoms in total. The molecule has 2 aliphatic carbocycles. The van der Waals surface area contributed by atoms with Crippen LogP contribution in [0.4, 0.5) is 17.1 Å². The average Bonchev–Trinajstić information content (AvgIpc) is 3.65. The fraction of sp³-hybridized carbons (Fsp3) is 0.235. The molecule has 0 aromatic heterocycles. The molecule has 69 heavy (non-hydrogen) atoms. The Morgan fingerprint density at radius 2 is 0.899 bits per heavy atom. The van der Waals surface area contributed by atoms with Gasteiger partial charge >= 0.3 is 0 Å². The van der Waals surface area contributed by atoms with Gasteiger partial charge in [0.15, 0.2) is 0 Å². The van der Waals surface area contributed by atoms with Crippen LogP contribution in [0.3, 0.4) is 0 Å². The van der Waals surface area contributed by atoms with Gasteiger partial charge < -0.3 is 4.90 Å². The molecule has 1 fully saturated rings. The quantitative estimate of drug-likeness (QED) is 0.147. The van der Waals surface area contributed by atoms with Crippen molar-refractivity contribution in [2.45, 2.75) is 103 Å². The number of fused-ring (bicyclic) bond motifs is 4. The van der Waals surface area contributed by atoms with Crippen molar-refractivity contribution >= 4 is 27.8 Å². The summed E-state index contributed by atoms with van der Waals surface area (Å²) in [6.45, 7) is 16.5. The third-order valence-electron chi connectivity index (χ3n) is 15.7. The second-order valence-corrected chi connectivity index (χ2v) is 22.0. The smallest absolute Gasteiger partial charge is 0.0540 e. The van der Waals surface area contributed by atoms with E-state index in [1.54, 1.807) is 0 Å². The largest absolute Gasteiger partial charge is 0.309 e. The van der Waals surface area contributed by atoms with Crippen LogP contribution in [0.1, 0.15) is 120 Å². The van der Waals surface area contributed by atoms with Crippen LogP contribution in [0, 0.1) is 0 Å². The number of hydrogen-bond acceptors (Lipinski definition) is 1. The molecule has 0 radical (unpaired) electrons. The van der Waals surface area contributed by atoms with Gasteiger partial charge in [-0.1, -0.05) is 243 Å². The number of para-hydroxylation sites is 3. The van der Waals surface area contributed by atoms with Crippen LogP contribution in [0.5, 0.6) is 0 Å². The summed E-state index contributed by atoms with van der Waals surface area (Å²) in [5.74, 6) is 0.560. The SMILES string of the molecule is CC(C)(C)c1cc(-c2ccccc2N(c2ccccc2-c2cccc3c2-c2ccccc2C3(C)c2ccccc2)c2ccccc2-c2cccc3cccc(C4CCCCC4)c23)cc(C(C)(C)C)c1. The summed E-state index contributed by atoms with van der Waals surface area (Å²) in [6.07, 6.45) is 6.43. The van der Waals surface area contributed by atoms with Gasteiger partial charge in [-0.15, -0.1) is 0 Å². The first-order valence-corrected chi connectivity index (χ1v) is 25.5. The van der Waals surface area contributed by atoms with Gasteiger partial charge in [0.05, 0.1) is 17.1 Å². The molecule has 0 aliphatic heterocycles. The Bertz CT molecular complexity index is 3310. The van der Waals surface area contributed by atoms with E-state index in [0.29, 0.717) is 5.92 Å². The Morgan fingerprint density at radius 3 is 1.54 bits per heavy atom. The molecule has 0 saturated heterocycles. The third kappa shape index (κ3) is 7.81. The maximum Gasteiger partial charge on any atom is 0.0540 e. The summed E-state index contributed by atoms with van der Waals surface area (Å²) in [4.78, 5) is 2.61. The Morgan fingerprint density at radius 1 is 0.420 bits per heavy atom. The van der Waals surface area contributed by atoms with Gasteiger partial charge in [0, 0.05) is 22.1 Å². The van der Waals surface area contributed by atoms with Crippen molar-refractivity contribution in [3.8, 4) is 44.5 Å². The average molecular weight is 896 g/mol. The lowest BCUT2D eigenvalue weighted by Crippen LogP contribution is -2.22. The highest BCUT2D eigenvalue weighted by atomic mass is 15.1. The molecule has 342 valence electrons. The highest BCUT2D eigenvalue weighted by Gasteiger charge is 2.42. The molecule has 2 aliphatic rings. The van der Waals surface area contributed by atoms with Crippen molar-refractivity contribution in [1.29, 1.82) is 0 Å². The van der Waals surface area contributed by atoms with Crippen LogP contribution in [-0.4, -0.2) is 0 Å². The molecule has 1 atom stereocenters. The van der Waals surface area contributed by atoms with Gasteiger partial charge in [-0.2, -0.15) is 0 Å². The number of anilines is 3. The Kier molecular flexibility index (Phi) is 11.3. The standard InChI is InChI=1S/C68H65N/c1-66(2,3)50-43-48(44-51(45-50)67(4,5)6)52-31-15-19-40-61(52)69(62-41-20-16-32-54(62)56-36-23-28-47-27-22-35-53(64(47)56)46-25-10-8-11-26-46)63-42-21-17-33-55(63)57-37-24-39-60-65(57)58-34-14-18-38-59(58)68(60,7)49-29-12-9-13-30-49/h9,12-24,27-46H,8,10-11,25-26H2,1-7H3. The predicted octanol–water partition coefficient (Wildman–Crippen LogP) is 19.3. The van der Waals surface area contributed by atoms with E-state index < -0.39 is 0 Å². The fourth-order valence-corrected chi connectivity index (χ4v) is 11.9. The van der Waals surface area contributed by atoms with Gasteiger partial charge in [-0.25, -0.2) is 0 Å². The minimum Gasteiger partial charge on any atom is -0.309 e. The molecule has 0 N–H and O–H groups in total. The first-order chi connectivity index (χ1) is 33.4. The topological polar surface area (TPSA) is 3.24 Å². The van der Waals surface area contributed by atoms with E-state index >= 15 is 0 Å². The Labute approximate surface area is 411 Å². The zero-order valence-corrected chi connectivity index (χ0v) is 41.6. The lowest BCUT2D eigenvalue weighted by molar-refractivity contribution is 0.445. The van der Waals surface area contributed by atoms with E-state index in [4.69, 9.17) is 0 Å². The summed E-state index contributed by atoms with van der Waals surface area (Å²) in [6, 6.07) is 76.2. The van der Waals surface area contributed by atoms with Gasteiger partial charge in [-0.05, 0) is 127 Å². The van der Waals surface area contributed by atoms with Crippen LogP contribution in [-0.2, 0) is 16.2 Å². The van der Waals surface area contributed by atoms with Crippen molar-refractivity contribution in [3.63, 3.8) is 0 Å². The molecule has 0 spiro atoms. The summed E-state index contributed by atoms with van der Waals surface area (Å²) >= 11 is 0. The first-order valence-electron chi connectivity index (χ1n) is 25.5. The van der Waals surface area contributed by atoms with Crippen molar-refractivity contribution in [2.75, 3.05) is 4.90 Å². The zero-order valence-electron chi connectivity index (χ0n) is 41.6. The minimum absolute atomic E-state index is 0.0352. The normalized spacial score (nSPS) is 16.0. The number of nitrogens with zero attached hydrogens (tertiary/aromatic N) is 1. The van der Waals surface area contributed by atoms with Crippen LogP contribution in [0.2, 0.25) is 0 Å². The number of hydrogen-bond donors (Lipinski definition) is 0. The zero-order chi connectivity index (χ0) is 47.5. The Hall–Kier alpha value is -6.96. The highest BCUT2D eigenvalue weighted by Crippen LogP contribution is 2.57. The van der Waals surface area contributed by atoms with E-state index in [-0.39, 0.29) is 16.2 Å². The summed E-state index contributed by atoms with van der Waals surface area (Å²) in [5, 5.41) is 2.71. The minimum atomic E-state index is -0.315. The molecule has 0 heterocycles. The summed E-state index contributed by atoms with van der Waals surface area (Å²) in [7, 11) is 0. The lowest BCUT2D eigenvalue weighted by atomic mass is 9.74. The van der Waals surface area contributed by atoms with Crippen molar-refractivity contribution in [1.82, 2.24) is 0 Å². The van der Waals surface area contributed by atoms with Gasteiger partial charge in [0.2, 0.25) is 0 Å². The molecule has 1 saturated carbocycles. The van der Waals surface area contributed by atoms with Gasteiger partial charge in [0.25, 0.3) is 0 Å². The fourth-order valence-electron chi connectivity index (χ4n) is 11.9. The van der Waals surface area contributed by atoms with E-state index in [9.17, 15) is 0 Å². The monoisotopic (exact) mass is 896 g/mol. The van der Waals surface area contributed by atoms with E-state index in [1.165, 1.54) is 121 Å². The third-order valence-corrected chi connectivity index (χ3v) is 15.7. The summed E-state index contributed by atoms with van der Waals surface area (Å²) in [5.41, 5.74) is 21.3. The Balaban J connectivity index is 1.21. The summed E-state index contributed by atoms with van der Waals surface area (Å²) < 4.78 is 0. The molecule has 1 unspecified atom stereocenters. The van der Waals surface area contributed by atoms with Crippen molar-refractivity contribution in [2.24, 2.45) is 0 Å². The van der Waals surface area contributed by atoms with Gasteiger partial charge in [0.1, 0.15) is 0 Å². The van der Waals surface area contributed by atoms with Crippen LogP contribution >= 0.6 is 0 Å². The maximum absolute atomic E-state index is 2.61. The van der Waals surface area contributed by atoms with Crippen LogP contribution < -0.4 is 4.90 Å². The second-order valence-electron chi connectivity index (χ2n) is 22.0.